The molecule has 0 bridgehead atoms. The van der Waals surface area contributed by atoms with Gasteiger partial charge in [-0.3, -0.25) is 4.79 Å². The predicted octanol–water partition coefficient (Wildman–Crippen LogP) is 2.14. The zero-order chi connectivity index (χ0) is 10.7. The number of hydrogen-bond donors (Lipinski definition) is 2. The Morgan fingerprint density at radius 3 is 2.64 bits per heavy atom. The summed E-state index contributed by atoms with van der Waals surface area (Å²) in [5.41, 5.74) is 1.27. The maximum atomic E-state index is 10.7. The Kier molecular flexibility index (Phi) is 3.12. The monoisotopic (exact) mass is 194 g/mol. The fraction of sp³-hybridized carbons (Fsp3) is 0.364. The van der Waals surface area contributed by atoms with Gasteiger partial charge in [0.2, 0.25) is 0 Å². The minimum atomic E-state index is -0.923. The van der Waals surface area contributed by atoms with Crippen molar-refractivity contribution >= 4 is 5.97 Å². The van der Waals surface area contributed by atoms with Gasteiger partial charge in [-0.2, -0.15) is 0 Å². The van der Waals surface area contributed by atoms with E-state index < -0.39 is 11.9 Å². The van der Waals surface area contributed by atoms with E-state index in [1.165, 1.54) is 0 Å². The van der Waals surface area contributed by atoms with E-state index in [1.54, 1.807) is 25.1 Å². The molecule has 0 radical (unpaired) electrons. The van der Waals surface area contributed by atoms with Crippen molar-refractivity contribution in [2.45, 2.75) is 26.2 Å². The van der Waals surface area contributed by atoms with Crippen molar-refractivity contribution in [3.8, 4) is 5.75 Å². The normalized spacial score (nSPS) is 12.4. The molecule has 0 aliphatic heterocycles. The Morgan fingerprint density at radius 1 is 1.50 bits per heavy atom. The highest BCUT2D eigenvalue weighted by Gasteiger charge is 2.18. The fourth-order valence-corrected chi connectivity index (χ4v) is 1.38. The molecule has 0 aliphatic rings. The first-order chi connectivity index (χ1) is 6.57. The highest BCUT2D eigenvalue weighted by atomic mass is 16.4. The van der Waals surface area contributed by atoms with Crippen LogP contribution >= 0.6 is 0 Å². The maximum Gasteiger partial charge on any atom is 0.310 e. The van der Waals surface area contributed by atoms with Crippen molar-refractivity contribution in [2.75, 3.05) is 0 Å². The second-order valence-electron chi connectivity index (χ2n) is 3.27. The quantitative estimate of drug-likeness (QED) is 0.775. The Labute approximate surface area is 83.0 Å². The number of phenols is 1. The van der Waals surface area contributed by atoms with Crippen LogP contribution < -0.4 is 0 Å². The third kappa shape index (κ3) is 1.87. The summed E-state index contributed by atoms with van der Waals surface area (Å²) in [7, 11) is 0. The van der Waals surface area contributed by atoms with Gasteiger partial charge in [0, 0.05) is 5.56 Å². The minimum absolute atomic E-state index is 0.116. The summed E-state index contributed by atoms with van der Waals surface area (Å²) in [6.45, 7) is 3.49. The molecule has 0 saturated carbocycles. The van der Waals surface area contributed by atoms with Crippen LogP contribution in [0.3, 0.4) is 0 Å². The van der Waals surface area contributed by atoms with Gasteiger partial charge >= 0.3 is 5.97 Å². The largest absolute Gasteiger partial charge is 0.507 e. The van der Waals surface area contributed by atoms with Crippen LogP contribution in [0.5, 0.6) is 5.75 Å². The van der Waals surface area contributed by atoms with E-state index in [-0.39, 0.29) is 5.75 Å². The lowest BCUT2D eigenvalue weighted by atomic mass is 9.97. The maximum absolute atomic E-state index is 10.7. The van der Waals surface area contributed by atoms with E-state index >= 15 is 0 Å². The average molecular weight is 194 g/mol. The van der Waals surface area contributed by atoms with E-state index in [9.17, 15) is 9.90 Å². The second-order valence-corrected chi connectivity index (χ2v) is 3.27. The summed E-state index contributed by atoms with van der Waals surface area (Å²) in [6.07, 6.45) is 0.700. The van der Waals surface area contributed by atoms with Crippen LogP contribution in [0.25, 0.3) is 0 Å². The number of para-hydroxylation sites is 1. The first-order valence-corrected chi connectivity index (χ1v) is 4.61. The summed E-state index contributed by atoms with van der Waals surface area (Å²) in [4.78, 5) is 10.7. The highest BCUT2D eigenvalue weighted by Crippen LogP contribution is 2.29. The molecule has 1 aromatic rings. The van der Waals surface area contributed by atoms with Crippen LogP contribution in [0.15, 0.2) is 18.2 Å². The number of aromatic hydroxyl groups is 1. The number of benzene rings is 1. The van der Waals surface area contributed by atoms with Crippen molar-refractivity contribution in [1.29, 1.82) is 0 Å². The number of hydrogen-bond acceptors (Lipinski definition) is 2. The number of aryl methyl sites for hydroxylation is 1. The summed E-state index contributed by atoms with van der Waals surface area (Å²) in [5, 5.41) is 18.6. The molecule has 1 unspecified atom stereocenters. The van der Waals surface area contributed by atoms with Gasteiger partial charge in [0.15, 0.2) is 0 Å². The van der Waals surface area contributed by atoms with Crippen LogP contribution in [-0.4, -0.2) is 16.2 Å². The lowest BCUT2D eigenvalue weighted by Gasteiger charge is -2.11. The fourth-order valence-electron chi connectivity index (χ4n) is 1.38. The number of aliphatic carboxylic acids is 1. The van der Waals surface area contributed by atoms with Gasteiger partial charge in [0.25, 0.3) is 0 Å². The van der Waals surface area contributed by atoms with Gasteiger partial charge in [0.1, 0.15) is 5.75 Å². The standard InChI is InChI=1S/C11H14O3/c1-3-8-5-4-6-9(10(8)12)7(2)11(13)14/h4-7,12H,3H2,1-2H3,(H,13,14). The topological polar surface area (TPSA) is 57.5 Å². The van der Waals surface area contributed by atoms with Crippen molar-refractivity contribution < 1.29 is 15.0 Å². The van der Waals surface area contributed by atoms with Gasteiger partial charge in [-0.05, 0) is 18.9 Å². The van der Waals surface area contributed by atoms with Gasteiger partial charge in [-0.25, -0.2) is 0 Å². The third-order valence-corrected chi connectivity index (χ3v) is 2.37. The smallest absolute Gasteiger partial charge is 0.310 e. The highest BCUT2D eigenvalue weighted by molar-refractivity contribution is 5.76. The van der Waals surface area contributed by atoms with Crippen molar-refractivity contribution in [1.82, 2.24) is 0 Å². The zero-order valence-corrected chi connectivity index (χ0v) is 8.32. The van der Waals surface area contributed by atoms with E-state index in [0.29, 0.717) is 12.0 Å². The number of carboxylic acids is 1. The molecule has 0 spiro atoms. The summed E-state index contributed by atoms with van der Waals surface area (Å²) in [5.74, 6) is -1.47. The van der Waals surface area contributed by atoms with Crippen LogP contribution in [0.2, 0.25) is 0 Å². The first-order valence-electron chi connectivity index (χ1n) is 4.61. The molecular weight excluding hydrogens is 180 g/mol. The SMILES string of the molecule is CCc1cccc(C(C)C(=O)O)c1O. The Balaban J connectivity index is 3.15. The zero-order valence-electron chi connectivity index (χ0n) is 8.32. The van der Waals surface area contributed by atoms with Crippen molar-refractivity contribution in [3.63, 3.8) is 0 Å². The Morgan fingerprint density at radius 2 is 2.14 bits per heavy atom. The molecule has 0 heterocycles. The number of carbonyl (C=O) groups is 1. The Hall–Kier alpha value is -1.51. The van der Waals surface area contributed by atoms with Gasteiger partial charge < -0.3 is 10.2 Å². The number of rotatable bonds is 3. The van der Waals surface area contributed by atoms with Crippen LogP contribution in [0, 0.1) is 0 Å². The third-order valence-electron chi connectivity index (χ3n) is 2.37. The predicted molar refractivity (Wildman–Crippen MR) is 53.5 cm³/mol. The van der Waals surface area contributed by atoms with Crippen LogP contribution in [0.4, 0.5) is 0 Å². The lowest BCUT2D eigenvalue weighted by molar-refractivity contribution is -0.138. The first kappa shape index (κ1) is 10.6. The molecule has 76 valence electrons. The van der Waals surface area contributed by atoms with Gasteiger partial charge in [-0.1, -0.05) is 25.1 Å². The molecule has 3 nitrogen and oxygen atoms in total. The number of phenolic OH excluding ortho intramolecular Hbond substituents is 1. The van der Waals surface area contributed by atoms with Crippen molar-refractivity contribution in [3.05, 3.63) is 29.3 Å². The summed E-state index contributed by atoms with van der Waals surface area (Å²) in [6, 6.07) is 5.22. The molecular formula is C11H14O3. The van der Waals surface area contributed by atoms with Crippen LogP contribution in [0.1, 0.15) is 30.9 Å². The number of carboxylic acid groups (broad SMARTS) is 1. The molecule has 0 saturated heterocycles. The molecule has 0 aliphatic carbocycles. The van der Waals surface area contributed by atoms with Crippen molar-refractivity contribution in [2.24, 2.45) is 0 Å². The van der Waals surface area contributed by atoms with Gasteiger partial charge in [0.05, 0.1) is 5.92 Å². The van der Waals surface area contributed by atoms with Crippen LogP contribution in [-0.2, 0) is 11.2 Å². The van der Waals surface area contributed by atoms with E-state index in [1.807, 2.05) is 6.92 Å². The molecule has 2 N–H and O–H groups in total. The molecule has 14 heavy (non-hydrogen) atoms. The lowest BCUT2D eigenvalue weighted by Crippen LogP contribution is -2.08. The molecule has 0 fully saturated rings. The molecule has 0 aromatic heterocycles. The van der Waals surface area contributed by atoms with E-state index in [2.05, 4.69) is 0 Å². The molecule has 0 amide bonds. The molecule has 1 rings (SSSR count). The van der Waals surface area contributed by atoms with E-state index in [4.69, 9.17) is 5.11 Å². The molecule has 1 aromatic carbocycles. The second kappa shape index (κ2) is 4.13. The summed E-state index contributed by atoms with van der Waals surface area (Å²) >= 11 is 0. The van der Waals surface area contributed by atoms with Gasteiger partial charge in [-0.15, -0.1) is 0 Å². The minimum Gasteiger partial charge on any atom is -0.507 e. The van der Waals surface area contributed by atoms with E-state index in [0.717, 1.165) is 5.56 Å². The Bertz CT molecular complexity index is 344. The molecule has 1 atom stereocenters. The average Bonchev–Trinajstić information content (AvgIpc) is 2.17. The molecule has 3 heteroatoms. The summed E-state index contributed by atoms with van der Waals surface area (Å²) < 4.78 is 0.